The summed E-state index contributed by atoms with van der Waals surface area (Å²) in [5, 5.41) is 0. The first-order valence-electron chi connectivity index (χ1n) is 8.24. The van der Waals surface area contributed by atoms with Gasteiger partial charge in [-0.1, -0.05) is 0 Å². The van der Waals surface area contributed by atoms with Crippen LogP contribution in [0.1, 0.15) is 12.0 Å². The SMILES string of the molecule is O=C(Cc1cc(F)c(F)cc1F)N1CCN(C[C@H]2CCOC2)CC1. The molecular weight excluding hydrogens is 321 g/mol. The summed E-state index contributed by atoms with van der Waals surface area (Å²) in [6, 6.07) is 1.25. The van der Waals surface area contributed by atoms with Crippen LogP contribution in [0.2, 0.25) is 0 Å². The Bertz CT molecular complexity index is 598. The van der Waals surface area contributed by atoms with Gasteiger partial charge in [0, 0.05) is 51.0 Å². The number of carbonyl (C=O) groups excluding carboxylic acids is 1. The lowest BCUT2D eigenvalue weighted by Crippen LogP contribution is -2.50. The number of benzene rings is 1. The molecule has 0 aliphatic carbocycles. The number of hydrogen-bond acceptors (Lipinski definition) is 3. The third-order valence-electron chi connectivity index (χ3n) is 4.70. The fraction of sp³-hybridized carbons (Fsp3) is 0.588. The highest BCUT2D eigenvalue weighted by Gasteiger charge is 2.25. The molecular formula is C17H21F3N2O2. The fourth-order valence-electron chi connectivity index (χ4n) is 3.25. The molecule has 1 amide bonds. The van der Waals surface area contributed by atoms with Crippen LogP contribution in [0.25, 0.3) is 0 Å². The first-order valence-corrected chi connectivity index (χ1v) is 8.24. The molecule has 2 saturated heterocycles. The minimum absolute atomic E-state index is 0.107. The number of piperazine rings is 1. The molecule has 0 aromatic heterocycles. The third-order valence-corrected chi connectivity index (χ3v) is 4.70. The minimum atomic E-state index is -1.24. The summed E-state index contributed by atoms with van der Waals surface area (Å²) in [7, 11) is 0. The lowest BCUT2D eigenvalue weighted by atomic mass is 10.1. The summed E-state index contributed by atoms with van der Waals surface area (Å²) in [5.41, 5.74) is -0.107. The highest BCUT2D eigenvalue weighted by atomic mass is 19.2. The van der Waals surface area contributed by atoms with Crippen LogP contribution in [-0.4, -0.2) is 61.6 Å². The van der Waals surface area contributed by atoms with Crippen LogP contribution in [0, 0.1) is 23.4 Å². The Kier molecular flexibility index (Phi) is 5.40. The molecule has 1 aromatic rings. The molecule has 2 aliphatic rings. The largest absolute Gasteiger partial charge is 0.381 e. The van der Waals surface area contributed by atoms with Crippen LogP contribution in [0.5, 0.6) is 0 Å². The van der Waals surface area contributed by atoms with Gasteiger partial charge < -0.3 is 9.64 Å². The highest BCUT2D eigenvalue weighted by Crippen LogP contribution is 2.17. The van der Waals surface area contributed by atoms with Crippen molar-refractivity contribution >= 4 is 5.91 Å². The number of nitrogens with zero attached hydrogens (tertiary/aromatic N) is 2. The predicted molar refractivity (Wildman–Crippen MR) is 82.0 cm³/mol. The van der Waals surface area contributed by atoms with E-state index < -0.39 is 17.5 Å². The number of carbonyl (C=O) groups is 1. The lowest BCUT2D eigenvalue weighted by Gasteiger charge is -2.35. The van der Waals surface area contributed by atoms with Crippen molar-refractivity contribution in [3.05, 3.63) is 35.1 Å². The molecule has 7 heteroatoms. The van der Waals surface area contributed by atoms with Gasteiger partial charge in [-0.2, -0.15) is 0 Å². The zero-order chi connectivity index (χ0) is 17.1. The molecule has 2 fully saturated rings. The second-order valence-corrected chi connectivity index (χ2v) is 6.45. The zero-order valence-corrected chi connectivity index (χ0v) is 13.4. The van der Waals surface area contributed by atoms with Crippen molar-refractivity contribution in [3.8, 4) is 0 Å². The molecule has 0 spiro atoms. The van der Waals surface area contributed by atoms with Gasteiger partial charge >= 0.3 is 0 Å². The average Bonchev–Trinajstić information content (AvgIpc) is 3.06. The van der Waals surface area contributed by atoms with Crippen LogP contribution in [0.3, 0.4) is 0 Å². The Balaban J connectivity index is 1.51. The normalized spacial score (nSPS) is 22.1. The van der Waals surface area contributed by atoms with E-state index in [9.17, 15) is 18.0 Å². The molecule has 2 heterocycles. The maximum absolute atomic E-state index is 13.6. The lowest BCUT2D eigenvalue weighted by molar-refractivity contribution is -0.132. The molecule has 0 saturated carbocycles. The molecule has 4 nitrogen and oxygen atoms in total. The number of ether oxygens (including phenoxy) is 1. The van der Waals surface area contributed by atoms with Crippen molar-refractivity contribution in [2.24, 2.45) is 5.92 Å². The van der Waals surface area contributed by atoms with E-state index in [1.807, 2.05) is 0 Å². The Labute approximate surface area is 139 Å². The molecule has 132 valence electrons. The van der Waals surface area contributed by atoms with Gasteiger partial charge in [0.2, 0.25) is 5.91 Å². The van der Waals surface area contributed by atoms with Crippen molar-refractivity contribution in [3.63, 3.8) is 0 Å². The van der Waals surface area contributed by atoms with E-state index in [0.717, 1.165) is 45.3 Å². The van der Waals surface area contributed by atoms with Gasteiger partial charge in [-0.3, -0.25) is 9.69 Å². The van der Waals surface area contributed by atoms with E-state index >= 15 is 0 Å². The van der Waals surface area contributed by atoms with Gasteiger partial charge in [-0.15, -0.1) is 0 Å². The summed E-state index contributed by atoms with van der Waals surface area (Å²) >= 11 is 0. The highest BCUT2D eigenvalue weighted by molar-refractivity contribution is 5.79. The first-order chi connectivity index (χ1) is 11.5. The van der Waals surface area contributed by atoms with Gasteiger partial charge in [-0.05, 0) is 18.4 Å². The van der Waals surface area contributed by atoms with Crippen LogP contribution in [-0.2, 0) is 16.0 Å². The topological polar surface area (TPSA) is 32.8 Å². The Morgan fingerprint density at radius 1 is 1.08 bits per heavy atom. The second-order valence-electron chi connectivity index (χ2n) is 6.45. The molecule has 2 aliphatic heterocycles. The van der Waals surface area contributed by atoms with Crippen molar-refractivity contribution in [2.75, 3.05) is 45.9 Å². The molecule has 0 N–H and O–H groups in total. The van der Waals surface area contributed by atoms with Crippen molar-refractivity contribution < 1.29 is 22.7 Å². The summed E-state index contributed by atoms with van der Waals surface area (Å²) in [6.07, 6.45) is 0.827. The van der Waals surface area contributed by atoms with Crippen LogP contribution in [0.4, 0.5) is 13.2 Å². The monoisotopic (exact) mass is 342 g/mol. The Hall–Kier alpha value is -1.60. The molecule has 24 heavy (non-hydrogen) atoms. The van der Waals surface area contributed by atoms with Crippen molar-refractivity contribution in [1.29, 1.82) is 0 Å². The van der Waals surface area contributed by atoms with Gasteiger partial charge in [0.05, 0.1) is 13.0 Å². The number of halogens is 3. The van der Waals surface area contributed by atoms with Crippen LogP contribution < -0.4 is 0 Å². The van der Waals surface area contributed by atoms with Gasteiger partial charge in [0.1, 0.15) is 5.82 Å². The molecule has 1 atom stereocenters. The predicted octanol–water partition coefficient (Wildman–Crippen LogP) is 1.83. The summed E-state index contributed by atoms with van der Waals surface area (Å²) in [4.78, 5) is 16.2. The van der Waals surface area contributed by atoms with E-state index in [1.165, 1.54) is 0 Å². The molecule has 0 bridgehead atoms. The standard InChI is InChI=1S/C17H21F3N2O2/c18-14-9-16(20)15(19)7-13(14)8-17(23)22-4-2-21(3-5-22)10-12-1-6-24-11-12/h7,9,12H,1-6,8,10-11H2/t12-/m1/s1. The van der Waals surface area contributed by atoms with Gasteiger partial charge in [0.25, 0.3) is 0 Å². The fourth-order valence-corrected chi connectivity index (χ4v) is 3.25. The maximum Gasteiger partial charge on any atom is 0.227 e. The molecule has 1 aromatic carbocycles. The van der Waals surface area contributed by atoms with E-state index in [0.29, 0.717) is 25.1 Å². The first kappa shape index (κ1) is 17.2. The summed E-state index contributed by atoms with van der Waals surface area (Å²) < 4.78 is 45.2. The van der Waals surface area contributed by atoms with Crippen molar-refractivity contribution in [1.82, 2.24) is 9.80 Å². The van der Waals surface area contributed by atoms with Crippen LogP contribution >= 0.6 is 0 Å². The number of amides is 1. The summed E-state index contributed by atoms with van der Waals surface area (Å²) in [5.74, 6) is -2.97. The number of rotatable bonds is 4. The van der Waals surface area contributed by atoms with Gasteiger partial charge in [0.15, 0.2) is 11.6 Å². The Morgan fingerprint density at radius 3 is 2.46 bits per heavy atom. The molecule has 0 unspecified atom stereocenters. The van der Waals surface area contributed by atoms with Crippen molar-refractivity contribution in [2.45, 2.75) is 12.8 Å². The average molecular weight is 342 g/mol. The maximum atomic E-state index is 13.6. The third kappa shape index (κ3) is 4.08. The summed E-state index contributed by atoms with van der Waals surface area (Å²) in [6.45, 7) is 5.26. The van der Waals surface area contributed by atoms with E-state index in [4.69, 9.17) is 4.74 Å². The second kappa shape index (κ2) is 7.53. The zero-order valence-electron chi connectivity index (χ0n) is 13.4. The smallest absolute Gasteiger partial charge is 0.227 e. The van der Waals surface area contributed by atoms with Gasteiger partial charge in [-0.25, -0.2) is 13.2 Å². The van der Waals surface area contributed by atoms with E-state index in [-0.39, 0.29) is 17.9 Å². The van der Waals surface area contributed by atoms with E-state index in [1.54, 1.807) is 4.90 Å². The minimum Gasteiger partial charge on any atom is -0.381 e. The molecule has 0 radical (unpaired) electrons. The Morgan fingerprint density at radius 2 is 1.79 bits per heavy atom. The van der Waals surface area contributed by atoms with Crippen LogP contribution in [0.15, 0.2) is 12.1 Å². The number of hydrogen-bond donors (Lipinski definition) is 0. The quantitative estimate of drug-likeness (QED) is 0.783. The molecule has 3 rings (SSSR count). The van der Waals surface area contributed by atoms with E-state index in [2.05, 4.69) is 4.90 Å².